The molecule has 2 aromatic carbocycles. The second kappa shape index (κ2) is 8.13. The van der Waals surface area contributed by atoms with Gasteiger partial charge in [-0.3, -0.25) is 9.59 Å². The molecule has 0 amide bonds. The molecule has 1 atom stereocenters. The van der Waals surface area contributed by atoms with Gasteiger partial charge in [0.05, 0.1) is 7.11 Å². The number of methoxy groups -OCH3 is 1. The largest absolute Gasteiger partial charge is 0.468 e. The Morgan fingerprint density at radius 1 is 1.08 bits per heavy atom. The minimum atomic E-state index is -1.09. The van der Waals surface area contributed by atoms with E-state index in [1.807, 2.05) is 48.5 Å². The summed E-state index contributed by atoms with van der Waals surface area (Å²) < 4.78 is 5.01. The maximum atomic E-state index is 13.1. The molecule has 0 radical (unpaired) electrons. The van der Waals surface area contributed by atoms with Crippen molar-refractivity contribution in [2.45, 2.75) is 32.1 Å². The van der Waals surface area contributed by atoms with Crippen molar-refractivity contribution >= 4 is 11.8 Å². The van der Waals surface area contributed by atoms with Gasteiger partial charge < -0.3 is 4.74 Å². The Morgan fingerprint density at radius 2 is 1.81 bits per heavy atom. The number of hydrogen-bond donors (Lipinski definition) is 0. The lowest BCUT2D eigenvalue weighted by molar-refractivity contribution is -0.150. The average molecular weight is 348 g/mol. The number of aryl methyl sites for hydroxylation is 2. The van der Waals surface area contributed by atoms with Crippen LogP contribution >= 0.6 is 0 Å². The molecule has 134 valence electrons. The molecule has 3 heteroatoms. The van der Waals surface area contributed by atoms with Crippen LogP contribution in [0.5, 0.6) is 0 Å². The van der Waals surface area contributed by atoms with Crippen molar-refractivity contribution in [1.29, 1.82) is 0 Å². The fourth-order valence-corrected chi connectivity index (χ4v) is 3.64. The molecule has 0 spiro atoms. The normalized spacial score (nSPS) is 19.3. The quantitative estimate of drug-likeness (QED) is 0.437. The van der Waals surface area contributed by atoms with Crippen molar-refractivity contribution in [3.8, 4) is 0 Å². The summed E-state index contributed by atoms with van der Waals surface area (Å²) in [5.74, 6) is -0.538. The second-order valence-corrected chi connectivity index (χ2v) is 6.76. The van der Waals surface area contributed by atoms with Crippen LogP contribution in [-0.2, 0) is 22.4 Å². The van der Waals surface area contributed by atoms with Crippen molar-refractivity contribution in [3.05, 3.63) is 83.4 Å². The van der Waals surface area contributed by atoms with Gasteiger partial charge in [0.25, 0.3) is 0 Å². The molecule has 2 aromatic rings. The summed E-state index contributed by atoms with van der Waals surface area (Å²) in [4.78, 5) is 25.6. The van der Waals surface area contributed by atoms with Crippen LogP contribution in [0.3, 0.4) is 0 Å². The van der Waals surface area contributed by atoms with Gasteiger partial charge in [-0.15, -0.1) is 0 Å². The molecule has 1 aliphatic carbocycles. The van der Waals surface area contributed by atoms with Crippen LogP contribution in [0.15, 0.2) is 66.7 Å². The van der Waals surface area contributed by atoms with E-state index in [1.54, 1.807) is 0 Å². The standard InChI is InChI=1S/C23H24O3/c1-26-22(25)23(16-9-3-6-12-18-10-4-2-5-11-18)17-15-19-13-7-8-14-20(19)21(23)24/h2-5,7-11,13-14H,6,12,15-17H2,1H3/b9-3+/t23-/m1/s1. The predicted molar refractivity (Wildman–Crippen MR) is 102 cm³/mol. The maximum absolute atomic E-state index is 13.1. The van der Waals surface area contributed by atoms with Crippen molar-refractivity contribution in [2.24, 2.45) is 5.41 Å². The number of ketones is 1. The van der Waals surface area contributed by atoms with Crippen molar-refractivity contribution in [2.75, 3.05) is 7.11 Å². The Labute approximate surface area is 154 Å². The average Bonchev–Trinajstić information content (AvgIpc) is 2.70. The summed E-state index contributed by atoms with van der Waals surface area (Å²) in [5, 5.41) is 0. The molecule has 0 saturated heterocycles. The highest BCUT2D eigenvalue weighted by molar-refractivity contribution is 6.14. The minimum absolute atomic E-state index is 0.112. The SMILES string of the molecule is COC(=O)[C@]1(C/C=C/CCc2ccccc2)CCc2ccccc2C1=O. The van der Waals surface area contributed by atoms with Crippen molar-refractivity contribution in [3.63, 3.8) is 0 Å². The first-order valence-corrected chi connectivity index (χ1v) is 9.07. The molecule has 0 aliphatic heterocycles. The first-order chi connectivity index (χ1) is 12.7. The zero-order valence-corrected chi connectivity index (χ0v) is 15.1. The number of ether oxygens (including phenoxy) is 1. The van der Waals surface area contributed by atoms with Gasteiger partial charge in [0, 0.05) is 5.56 Å². The van der Waals surface area contributed by atoms with Crippen molar-refractivity contribution < 1.29 is 14.3 Å². The molecule has 26 heavy (non-hydrogen) atoms. The third kappa shape index (κ3) is 3.62. The van der Waals surface area contributed by atoms with Crippen LogP contribution in [0.25, 0.3) is 0 Å². The zero-order chi connectivity index (χ0) is 18.4. The molecule has 0 saturated carbocycles. The fraction of sp³-hybridized carbons (Fsp3) is 0.304. The number of benzene rings is 2. The van der Waals surface area contributed by atoms with Crippen LogP contribution in [0.4, 0.5) is 0 Å². The van der Waals surface area contributed by atoms with Gasteiger partial charge in [0.2, 0.25) is 0 Å². The van der Waals surface area contributed by atoms with Crippen LogP contribution in [-0.4, -0.2) is 18.9 Å². The second-order valence-electron chi connectivity index (χ2n) is 6.76. The van der Waals surface area contributed by atoms with Gasteiger partial charge in [-0.1, -0.05) is 66.7 Å². The highest BCUT2D eigenvalue weighted by Crippen LogP contribution is 2.39. The number of carbonyl (C=O) groups is 2. The smallest absolute Gasteiger partial charge is 0.320 e. The Bertz CT molecular complexity index is 807. The third-order valence-electron chi connectivity index (χ3n) is 5.17. The predicted octanol–water partition coefficient (Wildman–Crippen LogP) is 4.55. The molecule has 0 aromatic heterocycles. The van der Waals surface area contributed by atoms with Gasteiger partial charge in [0.1, 0.15) is 5.41 Å². The van der Waals surface area contributed by atoms with E-state index < -0.39 is 11.4 Å². The highest BCUT2D eigenvalue weighted by atomic mass is 16.5. The summed E-state index contributed by atoms with van der Waals surface area (Å²) in [6.45, 7) is 0. The summed E-state index contributed by atoms with van der Waals surface area (Å²) in [7, 11) is 1.36. The molecular formula is C23H24O3. The molecule has 1 aliphatic rings. The maximum Gasteiger partial charge on any atom is 0.320 e. The van der Waals surface area contributed by atoms with Crippen LogP contribution < -0.4 is 0 Å². The van der Waals surface area contributed by atoms with E-state index in [0.717, 1.165) is 24.8 Å². The summed E-state index contributed by atoms with van der Waals surface area (Å²) in [6.07, 6.45) is 7.46. The minimum Gasteiger partial charge on any atom is -0.468 e. The molecule has 3 rings (SSSR count). The Balaban J connectivity index is 1.72. The summed E-state index contributed by atoms with van der Waals surface area (Å²) >= 11 is 0. The van der Waals surface area contributed by atoms with E-state index >= 15 is 0 Å². The van der Waals surface area contributed by atoms with E-state index in [4.69, 9.17) is 4.74 Å². The van der Waals surface area contributed by atoms with E-state index in [1.165, 1.54) is 12.7 Å². The lowest BCUT2D eigenvalue weighted by Crippen LogP contribution is -2.43. The summed E-state index contributed by atoms with van der Waals surface area (Å²) in [5.41, 5.74) is 1.86. The van der Waals surface area contributed by atoms with E-state index in [9.17, 15) is 9.59 Å². The molecule has 3 nitrogen and oxygen atoms in total. The first kappa shape index (κ1) is 18.1. The fourth-order valence-electron chi connectivity index (χ4n) is 3.64. The number of rotatable bonds is 6. The Morgan fingerprint density at radius 3 is 2.58 bits per heavy atom. The molecule has 0 fully saturated rings. The lowest BCUT2D eigenvalue weighted by atomic mass is 9.68. The van der Waals surface area contributed by atoms with Gasteiger partial charge in [-0.2, -0.15) is 0 Å². The van der Waals surface area contributed by atoms with Gasteiger partial charge in [-0.25, -0.2) is 0 Å². The molecule has 0 heterocycles. The molecule has 0 N–H and O–H groups in total. The lowest BCUT2D eigenvalue weighted by Gasteiger charge is -2.33. The highest BCUT2D eigenvalue weighted by Gasteiger charge is 2.48. The number of fused-ring (bicyclic) bond motifs is 1. The van der Waals surface area contributed by atoms with Crippen molar-refractivity contribution in [1.82, 2.24) is 0 Å². The first-order valence-electron chi connectivity index (χ1n) is 9.07. The molecule has 0 unspecified atom stereocenters. The topological polar surface area (TPSA) is 43.4 Å². The number of esters is 1. The number of hydrogen-bond acceptors (Lipinski definition) is 3. The number of Topliss-reactive ketones (excluding diaryl/α,β-unsaturated/α-hetero) is 1. The van der Waals surface area contributed by atoms with Crippen LogP contribution in [0.2, 0.25) is 0 Å². The van der Waals surface area contributed by atoms with Gasteiger partial charge >= 0.3 is 5.97 Å². The van der Waals surface area contributed by atoms with E-state index in [-0.39, 0.29) is 5.78 Å². The van der Waals surface area contributed by atoms with Crippen LogP contribution in [0.1, 0.15) is 40.7 Å². The molecule has 0 bridgehead atoms. The van der Waals surface area contributed by atoms with Crippen LogP contribution in [0, 0.1) is 5.41 Å². The Hall–Kier alpha value is -2.68. The number of carbonyl (C=O) groups excluding carboxylic acids is 2. The van der Waals surface area contributed by atoms with E-state index in [0.29, 0.717) is 18.4 Å². The van der Waals surface area contributed by atoms with Gasteiger partial charge in [-0.05, 0) is 43.2 Å². The summed E-state index contributed by atoms with van der Waals surface area (Å²) in [6, 6.07) is 17.8. The number of allylic oxidation sites excluding steroid dienone is 2. The molecular weight excluding hydrogens is 324 g/mol. The monoisotopic (exact) mass is 348 g/mol. The third-order valence-corrected chi connectivity index (χ3v) is 5.17. The zero-order valence-electron chi connectivity index (χ0n) is 15.1. The van der Waals surface area contributed by atoms with Gasteiger partial charge in [0.15, 0.2) is 5.78 Å². The Kier molecular flexibility index (Phi) is 5.67. The van der Waals surface area contributed by atoms with E-state index in [2.05, 4.69) is 18.2 Å².